The summed E-state index contributed by atoms with van der Waals surface area (Å²) in [4.78, 5) is 23.8. The lowest BCUT2D eigenvalue weighted by molar-refractivity contribution is 0.0993. The number of likely N-dealkylation sites (N-methyl/N-ethyl adjacent to an activating group) is 1. The average molecular weight is 221 g/mol. The Kier molecular flexibility index (Phi) is 4.02. The minimum atomic E-state index is -0.557. The van der Waals surface area contributed by atoms with Gasteiger partial charge in [0.15, 0.2) is 5.78 Å². The molecule has 0 aliphatic heterocycles. The van der Waals surface area contributed by atoms with Crippen molar-refractivity contribution >= 4 is 17.5 Å². The second kappa shape index (κ2) is 5.27. The van der Waals surface area contributed by atoms with Crippen molar-refractivity contribution in [2.24, 2.45) is 5.73 Å². The van der Waals surface area contributed by atoms with Crippen LogP contribution < -0.4 is 16.0 Å². The fraction of sp³-hybridized carbons (Fsp3) is 0.273. The third-order valence-electron chi connectivity index (χ3n) is 2.22. The topological polar surface area (TPSA) is 75.4 Å². The highest BCUT2D eigenvalue weighted by Crippen LogP contribution is 2.14. The van der Waals surface area contributed by atoms with Gasteiger partial charge in [0, 0.05) is 18.3 Å². The van der Waals surface area contributed by atoms with E-state index < -0.39 is 6.03 Å². The number of hydrogen-bond donors (Lipinski definition) is 2. The van der Waals surface area contributed by atoms with Gasteiger partial charge in [0.2, 0.25) is 0 Å². The molecule has 0 unspecified atom stereocenters. The van der Waals surface area contributed by atoms with Gasteiger partial charge in [0.05, 0.1) is 6.54 Å². The molecule has 86 valence electrons. The van der Waals surface area contributed by atoms with E-state index in [1.165, 1.54) is 4.90 Å². The number of nitrogens with two attached hydrogens (primary N) is 1. The van der Waals surface area contributed by atoms with Crippen LogP contribution in [-0.2, 0) is 0 Å². The van der Waals surface area contributed by atoms with Gasteiger partial charge >= 0.3 is 6.03 Å². The van der Waals surface area contributed by atoms with Gasteiger partial charge < -0.3 is 11.1 Å². The minimum absolute atomic E-state index is 0.0257. The number of carbonyl (C=O) groups is 2. The van der Waals surface area contributed by atoms with Gasteiger partial charge in [-0.15, -0.1) is 0 Å². The van der Waals surface area contributed by atoms with Gasteiger partial charge in [-0.05, 0) is 19.2 Å². The minimum Gasteiger partial charge on any atom is -0.351 e. The summed E-state index contributed by atoms with van der Waals surface area (Å²) in [6.07, 6.45) is 0. The number of benzene rings is 1. The van der Waals surface area contributed by atoms with Crippen molar-refractivity contribution in [3.63, 3.8) is 0 Å². The van der Waals surface area contributed by atoms with Crippen molar-refractivity contribution in [1.82, 2.24) is 5.32 Å². The number of amides is 2. The first-order chi connectivity index (χ1) is 7.56. The molecule has 0 aliphatic carbocycles. The normalized spacial score (nSPS) is 9.88. The van der Waals surface area contributed by atoms with Gasteiger partial charge in [0.25, 0.3) is 0 Å². The number of urea groups is 1. The molecule has 0 aliphatic rings. The van der Waals surface area contributed by atoms with Crippen molar-refractivity contribution < 1.29 is 9.59 Å². The third kappa shape index (κ3) is 2.80. The molecule has 1 rings (SSSR count). The number of carbonyl (C=O) groups excluding carboxylic acids is 2. The van der Waals surface area contributed by atoms with E-state index in [4.69, 9.17) is 5.73 Å². The summed E-state index contributed by atoms with van der Waals surface area (Å²) in [7, 11) is 3.27. The number of Topliss-reactive ketones (excluding diaryl/α,β-unsaturated/α-hetero) is 1. The number of hydrogen-bond acceptors (Lipinski definition) is 3. The lowest BCUT2D eigenvalue weighted by Crippen LogP contribution is -2.31. The zero-order valence-corrected chi connectivity index (χ0v) is 9.36. The standard InChI is InChI=1S/C11H15N3O2/c1-13-7-10(15)8-4-3-5-9(6-8)14(2)11(12)16/h3-6,13H,7H2,1-2H3,(H2,12,16). The lowest BCUT2D eigenvalue weighted by Gasteiger charge is -2.14. The van der Waals surface area contributed by atoms with Gasteiger partial charge in [-0.1, -0.05) is 12.1 Å². The molecular weight excluding hydrogens is 206 g/mol. The maximum atomic E-state index is 11.6. The highest BCUT2D eigenvalue weighted by atomic mass is 16.2. The smallest absolute Gasteiger partial charge is 0.318 e. The molecule has 0 fully saturated rings. The molecule has 5 heteroatoms. The molecule has 1 aromatic carbocycles. The quantitative estimate of drug-likeness (QED) is 0.731. The number of ketones is 1. The Morgan fingerprint density at radius 1 is 1.44 bits per heavy atom. The van der Waals surface area contributed by atoms with Crippen LogP contribution in [0.3, 0.4) is 0 Å². The van der Waals surface area contributed by atoms with Crippen LogP contribution in [0.5, 0.6) is 0 Å². The van der Waals surface area contributed by atoms with E-state index in [9.17, 15) is 9.59 Å². The molecule has 16 heavy (non-hydrogen) atoms. The summed E-state index contributed by atoms with van der Waals surface area (Å²) in [5.41, 5.74) is 6.30. The van der Waals surface area contributed by atoms with Crippen molar-refractivity contribution in [2.75, 3.05) is 25.5 Å². The maximum Gasteiger partial charge on any atom is 0.318 e. The summed E-state index contributed by atoms with van der Waals surface area (Å²) in [6.45, 7) is 0.268. The predicted octanol–water partition coefficient (Wildman–Crippen LogP) is 0.604. The molecule has 5 nitrogen and oxygen atoms in total. The first-order valence-corrected chi connectivity index (χ1v) is 4.87. The molecule has 0 aromatic heterocycles. The highest BCUT2D eigenvalue weighted by molar-refractivity contribution is 5.99. The highest BCUT2D eigenvalue weighted by Gasteiger charge is 2.09. The molecule has 0 heterocycles. The van der Waals surface area contributed by atoms with Crippen LogP contribution in [0.4, 0.5) is 10.5 Å². The zero-order chi connectivity index (χ0) is 12.1. The predicted molar refractivity (Wildman–Crippen MR) is 62.7 cm³/mol. The summed E-state index contributed by atoms with van der Waals surface area (Å²) < 4.78 is 0. The SMILES string of the molecule is CNCC(=O)c1cccc(N(C)C(N)=O)c1. The number of rotatable bonds is 4. The van der Waals surface area contributed by atoms with Crippen molar-refractivity contribution in [1.29, 1.82) is 0 Å². The van der Waals surface area contributed by atoms with E-state index in [2.05, 4.69) is 5.32 Å². The second-order valence-electron chi connectivity index (χ2n) is 3.40. The number of primary amides is 1. The van der Waals surface area contributed by atoms with Crippen LogP contribution in [0.1, 0.15) is 10.4 Å². The van der Waals surface area contributed by atoms with E-state index in [-0.39, 0.29) is 12.3 Å². The Bertz CT molecular complexity index is 404. The van der Waals surface area contributed by atoms with Gasteiger partial charge in [0.1, 0.15) is 0 Å². The van der Waals surface area contributed by atoms with Gasteiger partial charge in [-0.25, -0.2) is 4.79 Å². The zero-order valence-electron chi connectivity index (χ0n) is 9.36. The molecule has 0 saturated carbocycles. The second-order valence-corrected chi connectivity index (χ2v) is 3.40. The Morgan fingerprint density at radius 3 is 2.69 bits per heavy atom. The van der Waals surface area contributed by atoms with E-state index in [1.807, 2.05) is 0 Å². The first kappa shape index (κ1) is 12.2. The van der Waals surface area contributed by atoms with E-state index in [0.717, 1.165) is 0 Å². The monoisotopic (exact) mass is 221 g/mol. The van der Waals surface area contributed by atoms with Crippen molar-refractivity contribution in [3.05, 3.63) is 29.8 Å². The van der Waals surface area contributed by atoms with Crippen LogP contribution >= 0.6 is 0 Å². The number of nitrogens with zero attached hydrogens (tertiary/aromatic N) is 1. The van der Waals surface area contributed by atoms with Gasteiger partial charge in [-0.2, -0.15) is 0 Å². The molecule has 2 amide bonds. The van der Waals surface area contributed by atoms with Crippen LogP contribution in [0.15, 0.2) is 24.3 Å². The fourth-order valence-corrected chi connectivity index (χ4v) is 1.28. The summed E-state index contributed by atoms with van der Waals surface area (Å²) >= 11 is 0. The largest absolute Gasteiger partial charge is 0.351 e. The molecule has 0 bridgehead atoms. The molecule has 0 spiro atoms. The first-order valence-electron chi connectivity index (χ1n) is 4.87. The van der Waals surface area contributed by atoms with Crippen molar-refractivity contribution in [2.45, 2.75) is 0 Å². The summed E-state index contributed by atoms with van der Waals surface area (Å²) in [6, 6.07) is 6.24. The van der Waals surface area contributed by atoms with Crippen LogP contribution in [0.25, 0.3) is 0 Å². The molecular formula is C11H15N3O2. The Hall–Kier alpha value is -1.88. The van der Waals surface area contributed by atoms with E-state index in [0.29, 0.717) is 11.3 Å². The molecule has 0 atom stereocenters. The Morgan fingerprint density at radius 2 is 2.12 bits per heavy atom. The van der Waals surface area contributed by atoms with Crippen LogP contribution in [-0.4, -0.2) is 32.5 Å². The average Bonchev–Trinajstić information content (AvgIpc) is 2.28. The van der Waals surface area contributed by atoms with Gasteiger partial charge in [-0.3, -0.25) is 9.69 Å². The summed E-state index contributed by atoms with van der Waals surface area (Å²) in [5.74, 6) is -0.0257. The maximum absolute atomic E-state index is 11.6. The van der Waals surface area contributed by atoms with E-state index >= 15 is 0 Å². The number of anilines is 1. The van der Waals surface area contributed by atoms with Crippen molar-refractivity contribution in [3.8, 4) is 0 Å². The fourth-order valence-electron chi connectivity index (χ4n) is 1.28. The Balaban J connectivity index is 2.95. The third-order valence-corrected chi connectivity index (χ3v) is 2.22. The van der Waals surface area contributed by atoms with Crippen LogP contribution in [0.2, 0.25) is 0 Å². The molecule has 0 radical (unpaired) electrons. The van der Waals surface area contributed by atoms with E-state index in [1.54, 1.807) is 38.4 Å². The molecule has 3 N–H and O–H groups in total. The lowest BCUT2D eigenvalue weighted by atomic mass is 10.1. The van der Waals surface area contributed by atoms with Crippen LogP contribution in [0, 0.1) is 0 Å². The Labute approximate surface area is 94.2 Å². The molecule has 1 aromatic rings. The summed E-state index contributed by atoms with van der Waals surface area (Å²) in [5, 5.41) is 2.78. The molecule has 0 saturated heterocycles. The number of nitrogens with one attached hydrogen (secondary N) is 1.